The largest absolute Gasteiger partial charge is 0.385 e. The number of para-hydroxylation sites is 1. The molecule has 1 aliphatic heterocycles. The van der Waals surface area contributed by atoms with Gasteiger partial charge in [0.25, 0.3) is 0 Å². The van der Waals surface area contributed by atoms with E-state index in [1.165, 1.54) is 5.69 Å². The predicted octanol–water partition coefficient (Wildman–Crippen LogP) is 2.18. The molecule has 2 aromatic heterocycles. The lowest BCUT2D eigenvalue weighted by molar-refractivity contribution is 0.198. The Bertz CT molecular complexity index is 902. The highest BCUT2D eigenvalue weighted by molar-refractivity contribution is 5.74. The molecular weight excluding hydrogens is 358 g/mol. The number of rotatable bonds is 7. The molecule has 1 aromatic carbocycles. The van der Waals surface area contributed by atoms with Crippen LogP contribution in [-0.4, -0.2) is 66.2 Å². The van der Waals surface area contributed by atoms with Crippen molar-refractivity contribution < 1.29 is 9.37 Å². The number of benzene rings is 1. The van der Waals surface area contributed by atoms with Gasteiger partial charge in [0.05, 0.1) is 0 Å². The van der Waals surface area contributed by atoms with Crippen molar-refractivity contribution >= 4 is 28.6 Å². The molecule has 9 heteroatoms. The normalized spacial score (nSPS) is 17.3. The maximum atomic E-state index is 5.13. The van der Waals surface area contributed by atoms with Crippen LogP contribution in [0.15, 0.2) is 35.0 Å². The van der Waals surface area contributed by atoms with Crippen molar-refractivity contribution in [3.8, 4) is 0 Å². The molecule has 28 heavy (non-hydrogen) atoms. The van der Waals surface area contributed by atoms with Crippen LogP contribution >= 0.6 is 0 Å². The molecule has 3 heterocycles. The number of aromatic nitrogens is 4. The second kappa shape index (κ2) is 8.39. The summed E-state index contributed by atoms with van der Waals surface area (Å²) < 4.78 is 9.93. The average Bonchev–Trinajstić information content (AvgIpc) is 3.19. The fourth-order valence-corrected chi connectivity index (χ4v) is 3.52. The van der Waals surface area contributed by atoms with Gasteiger partial charge in [-0.05, 0) is 35.8 Å². The van der Waals surface area contributed by atoms with E-state index < -0.39 is 0 Å². The van der Waals surface area contributed by atoms with Crippen LogP contribution in [0, 0.1) is 0 Å². The molecule has 4 rings (SSSR count). The van der Waals surface area contributed by atoms with E-state index in [1.807, 2.05) is 6.07 Å². The number of nitrogens with zero attached hydrogens (tertiary/aromatic N) is 6. The van der Waals surface area contributed by atoms with Crippen molar-refractivity contribution in [2.75, 3.05) is 55.0 Å². The summed E-state index contributed by atoms with van der Waals surface area (Å²) in [4.78, 5) is 13.9. The van der Waals surface area contributed by atoms with Gasteiger partial charge < -0.3 is 19.9 Å². The zero-order chi connectivity index (χ0) is 19.3. The SMILES string of the molecule is COCCCNc1nc2nonc2nc1N1CCN(c2ccccc2)C[C@H]1C. The molecular formula is C19H25N7O2. The third-order valence-electron chi connectivity index (χ3n) is 4.93. The third-order valence-corrected chi connectivity index (χ3v) is 4.93. The van der Waals surface area contributed by atoms with Crippen LogP contribution in [-0.2, 0) is 4.74 Å². The van der Waals surface area contributed by atoms with E-state index in [2.05, 4.69) is 66.6 Å². The van der Waals surface area contributed by atoms with E-state index in [4.69, 9.17) is 9.37 Å². The van der Waals surface area contributed by atoms with E-state index in [0.717, 1.165) is 38.4 Å². The summed E-state index contributed by atoms with van der Waals surface area (Å²) in [6.45, 7) is 6.30. The van der Waals surface area contributed by atoms with Gasteiger partial charge in [-0.1, -0.05) is 18.2 Å². The highest BCUT2D eigenvalue weighted by atomic mass is 16.6. The van der Waals surface area contributed by atoms with Gasteiger partial charge in [-0.3, -0.25) is 0 Å². The van der Waals surface area contributed by atoms with Gasteiger partial charge in [-0.2, -0.15) is 0 Å². The van der Waals surface area contributed by atoms with Crippen molar-refractivity contribution in [2.45, 2.75) is 19.4 Å². The molecule has 3 aromatic rings. The summed E-state index contributed by atoms with van der Waals surface area (Å²) in [5.74, 6) is 1.50. The zero-order valence-electron chi connectivity index (χ0n) is 16.2. The van der Waals surface area contributed by atoms with Crippen molar-refractivity contribution in [2.24, 2.45) is 0 Å². The first-order valence-corrected chi connectivity index (χ1v) is 9.56. The minimum absolute atomic E-state index is 0.264. The average molecular weight is 383 g/mol. The minimum Gasteiger partial charge on any atom is -0.385 e. The molecule has 0 spiro atoms. The fraction of sp³-hybridized carbons (Fsp3) is 0.474. The minimum atomic E-state index is 0.264. The summed E-state index contributed by atoms with van der Waals surface area (Å²) in [6, 6.07) is 10.8. The van der Waals surface area contributed by atoms with Crippen molar-refractivity contribution in [3.63, 3.8) is 0 Å². The molecule has 0 amide bonds. The Kier molecular flexibility index (Phi) is 5.52. The van der Waals surface area contributed by atoms with Gasteiger partial charge in [0.1, 0.15) is 0 Å². The van der Waals surface area contributed by atoms with Gasteiger partial charge in [0.15, 0.2) is 11.6 Å². The summed E-state index contributed by atoms with van der Waals surface area (Å²) >= 11 is 0. The number of hydrogen-bond donors (Lipinski definition) is 1. The molecule has 1 atom stereocenters. The summed E-state index contributed by atoms with van der Waals surface area (Å²) in [6.07, 6.45) is 0.879. The maximum absolute atomic E-state index is 5.13. The van der Waals surface area contributed by atoms with E-state index >= 15 is 0 Å². The molecule has 0 bridgehead atoms. The Morgan fingerprint density at radius 1 is 1.14 bits per heavy atom. The fourth-order valence-electron chi connectivity index (χ4n) is 3.52. The molecule has 0 radical (unpaired) electrons. The molecule has 1 N–H and O–H groups in total. The molecule has 1 saturated heterocycles. The van der Waals surface area contributed by atoms with Gasteiger partial charge in [-0.25, -0.2) is 14.6 Å². The molecule has 0 unspecified atom stereocenters. The number of hydrogen-bond acceptors (Lipinski definition) is 9. The Labute approximate surface area is 163 Å². The molecule has 148 valence electrons. The van der Waals surface area contributed by atoms with Gasteiger partial charge in [-0.15, -0.1) is 0 Å². The number of piperazine rings is 1. The Morgan fingerprint density at radius 3 is 2.68 bits per heavy atom. The summed E-state index contributed by atoms with van der Waals surface area (Å²) in [7, 11) is 1.70. The highest BCUT2D eigenvalue weighted by Crippen LogP contribution is 2.28. The van der Waals surface area contributed by atoms with Gasteiger partial charge >= 0.3 is 0 Å². The van der Waals surface area contributed by atoms with Crippen LogP contribution in [0.2, 0.25) is 0 Å². The Balaban J connectivity index is 1.55. The molecule has 1 fully saturated rings. The first kappa shape index (κ1) is 18.4. The lowest BCUT2D eigenvalue weighted by atomic mass is 10.1. The van der Waals surface area contributed by atoms with Crippen LogP contribution in [0.1, 0.15) is 13.3 Å². The van der Waals surface area contributed by atoms with Crippen molar-refractivity contribution in [1.29, 1.82) is 0 Å². The number of methoxy groups -OCH3 is 1. The number of nitrogens with one attached hydrogen (secondary N) is 1. The number of fused-ring (bicyclic) bond motifs is 1. The standard InChI is InChI=1S/C19H25N7O2/c1-14-13-25(15-7-4-3-5-8-15)10-11-26(14)19-18(20-9-6-12-27-2)21-16-17(22-19)24-28-23-16/h3-5,7-8,14H,6,9-13H2,1-2H3,(H,20,21,23)/t14-/m1/s1. The predicted molar refractivity (Wildman–Crippen MR) is 108 cm³/mol. The zero-order valence-corrected chi connectivity index (χ0v) is 16.2. The van der Waals surface area contributed by atoms with Crippen LogP contribution < -0.4 is 15.1 Å². The quantitative estimate of drug-likeness (QED) is 0.616. The second-order valence-corrected chi connectivity index (χ2v) is 6.90. The van der Waals surface area contributed by atoms with E-state index in [0.29, 0.717) is 23.7 Å². The monoisotopic (exact) mass is 383 g/mol. The van der Waals surface area contributed by atoms with Crippen molar-refractivity contribution in [1.82, 2.24) is 20.3 Å². The first-order chi connectivity index (χ1) is 13.8. The molecule has 1 aliphatic rings. The summed E-state index contributed by atoms with van der Waals surface area (Å²) in [5.41, 5.74) is 2.08. The number of ether oxygens (including phenoxy) is 1. The Morgan fingerprint density at radius 2 is 1.93 bits per heavy atom. The smallest absolute Gasteiger partial charge is 0.245 e. The van der Waals surface area contributed by atoms with E-state index in [1.54, 1.807) is 7.11 Å². The maximum Gasteiger partial charge on any atom is 0.245 e. The van der Waals surface area contributed by atoms with Crippen molar-refractivity contribution in [3.05, 3.63) is 30.3 Å². The van der Waals surface area contributed by atoms with Crippen LogP contribution in [0.25, 0.3) is 11.3 Å². The van der Waals surface area contributed by atoms with Crippen LogP contribution in [0.4, 0.5) is 17.3 Å². The topological polar surface area (TPSA) is 92.4 Å². The lowest BCUT2D eigenvalue weighted by Crippen LogP contribution is -2.52. The third kappa shape index (κ3) is 3.84. The van der Waals surface area contributed by atoms with E-state index in [9.17, 15) is 0 Å². The molecule has 9 nitrogen and oxygen atoms in total. The van der Waals surface area contributed by atoms with Gasteiger partial charge in [0, 0.05) is 51.6 Å². The second-order valence-electron chi connectivity index (χ2n) is 6.90. The van der Waals surface area contributed by atoms with Gasteiger partial charge in [0.2, 0.25) is 11.3 Å². The lowest BCUT2D eigenvalue weighted by Gasteiger charge is -2.41. The first-order valence-electron chi connectivity index (χ1n) is 9.56. The van der Waals surface area contributed by atoms with E-state index in [-0.39, 0.29) is 6.04 Å². The Hall–Kier alpha value is -2.94. The number of anilines is 3. The molecule has 0 saturated carbocycles. The highest BCUT2D eigenvalue weighted by Gasteiger charge is 2.28. The van der Waals surface area contributed by atoms with Crippen LogP contribution in [0.3, 0.4) is 0 Å². The summed E-state index contributed by atoms with van der Waals surface area (Å²) in [5, 5.41) is 11.1. The van der Waals surface area contributed by atoms with Crippen LogP contribution in [0.5, 0.6) is 0 Å². The molecule has 0 aliphatic carbocycles.